The lowest BCUT2D eigenvalue weighted by Crippen LogP contribution is -2.08. The van der Waals surface area contributed by atoms with Gasteiger partial charge < -0.3 is 9.84 Å². The van der Waals surface area contributed by atoms with Crippen LogP contribution < -0.4 is 4.74 Å². The summed E-state index contributed by atoms with van der Waals surface area (Å²) in [7, 11) is 0. The van der Waals surface area contributed by atoms with Gasteiger partial charge in [0.15, 0.2) is 11.4 Å². The highest BCUT2D eigenvalue weighted by Crippen LogP contribution is 2.25. The SMILES string of the molecule is Cc1ccc(Oc2cnc(C(C)C)nc2C(=O)O)cc1. The van der Waals surface area contributed by atoms with Gasteiger partial charge in [-0.1, -0.05) is 31.5 Å². The van der Waals surface area contributed by atoms with E-state index in [4.69, 9.17) is 4.74 Å². The highest BCUT2D eigenvalue weighted by Gasteiger charge is 2.17. The number of hydrogen-bond donors (Lipinski definition) is 1. The van der Waals surface area contributed by atoms with Gasteiger partial charge >= 0.3 is 5.97 Å². The summed E-state index contributed by atoms with van der Waals surface area (Å²) in [6.45, 7) is 5.77. The standard InChI is InChI=1S/C15H16N2O3/c1-9(2)14-16-8-12(13(17-14)15(18)19)20-11-6-4-10(3)5-7-11/h4-9H,1-3H3,(H,18,19). The van der Waals surface area contributed by atoms with Gasteiger partial charge in [0, 0.05) is 5.92 Å². The van der Waals surface area contributed by atoms with E-state index in [9.17, 15) is 9.90 Å². The van der Waals surface area contributed by atoms with Crippen molar-refractivity contribution in [3.8, 4) is 11.5 Å². The van der Waals surface area contributed by atoms with Crippen molar-refractivity contribution in [2.24, 2.45) is 0 Å². The number of aryl methyl sites for hydroxylation is 1. The molecule has 5 nitrogen and oxygen atoms in total. The minimum absolute atomic E-state index is 0.0570. The van der Waals surface area contributed by atoms with Crippen LogP contribution in [0.4, 0.5) is 0 Å². The lowest BCUT2D eigenvalue weighted by atomic mass is 10.2. The van der Waals surface area contributed by atoms with Gasteiger partial charge in [-0.25, -0.2) is 14.8 Å². The van der Waals surface area contributed by atoms with Crippen molar-refractivity contribution in [2.45, 2.75) is 26.7 Å². The molecule has 0 fully saturated rings. The number of carboxylic acids is 1. The summed E-state index contributed by atoms with van der Waals surface area (Å²) in [5.74, 6) is 0.112. The average Bonchev–Trinajstić information content (AvgIpc) is 2.41. The van der Waals surface area contributed by atoms with E-state index in [1.165, 1.54) is 6.20 Å². The third-order valence-electron chi connectivity index (χ3n) is 2.74. The van der Waals surface area contributed by atoms with Crippen LogP contribution in [0.25, 0.3) is 0 Å². The number of carbonyl (C=O) groups is 1. The highest BCUT2D eigenvalue weighted by molar-refractivity contribution is 5.88. The van der Waals surface area contributed by atoms with Gasteiger partial charge in [-0.05, 0) is 19.1 Å². The van der Waals surface area contributed by atoms with Gasteiger partial charge in [0.05, 0.1) is 6.20 Å². The van der Waals surface area contributed by atoms with E-state index in [0.29, 0.717) is 11.6 Å². The molecule has 20 heavy (non-hydrogen) atoms. The molecule has 0 unspecified atom stereocenters. The fourth-order valence-corrected chi connectivity index (χ4v) is 1.62. The topological polar surface area (TPSA) is 72.3 Å². The van der Waals surface area contributed by atoms with Crippen molar-refractivity contribution >= 4 is 5.97 Å². The van der Waals surface area contributed by atoms with Gasteiger partial charge in [-0.15, -0.1) is 0 Å². The van der Waals surface area contributed by atoms with E-state index in [2.05, 4.69) is 9.97 Å². The van der Waals surface area contributed by atoms with Gasteiger partial charge in [-0.2, -0.15) is 0 Å². The minimum atomic E-state index is -1.13. The molecule has 0 atom stereocenters. The van der Waals surface area contributed by atoms with Gasteiger partial charge in [0.1, 0.15) is 11.6 Å². The summed E-state index contributed by atoms with van der Waals surface area (Å²) in [5, 5.41) is 9.22. The Labute approximate surface area is 117 Å². The second kappa shape index (κ2) is 5.69. The third kappa shape index (κ3) is 3.12. The molecule has 1 heterocycles. The molecule has 104 valence electrons. The Morgan fingerprint density at radius 2 is 1.90 bits per heavy atom. The van der Waals surface area contributed by atoms with Crippen LogP contribution in [0.1, 0.15) is 41.6 Å². The second-order valence-electron chi connectivity index (χ2n) is 4.82. The molecule has 0 aliphatic carbocycles. The quantitative estimate of drug-likeness (QED) is 0.923. The summed E-state index contributed by atoms with van der Waals surface area (Å²) in [4.78, 5) is 19.5. The molecule has 0 aliphatic rings. The van der Waals surface area contributed by atoms with Crippen LogP contribution >= 0.6 is 0 Å². The summed E-state index contributed by atoms with van der Waals surface area (Å²) in [6, 6.07) is 7.33. The largest absolute Gasteiger partial charge is 0.476 e. The first-order valence-corrected chi connectivity index (χ1v) is 6.32. The number of aromatic carboxylic acids is 1. The predicted molar refractivity (Wildman–Crippen MR) is 74.3 cm³/mol. The van der Waals surface area contributed by atoms with Gasteiger partial charge in [0.2, 0.25) is 0 Å². The molecule has 1 aromatic carbocycles. The Bertz CT molecular complexity index is 622. The van der Waals surface area contributed by atoms with E-state index < -0.39 is 5.97 Å². The van der Waals surface area contributed by atoms with Crippen LogP contribution in [0.15, 0.2) is 30.5 Å². The molecular formula is C15H16N2O3. The molecule has 0 aliphatic heterocycles. The maximum Gasteiger partial charge on any atom is 0.358 e. The summed E-state index contributed by atoms with van der Waals surface area (Å²) < 4.78 is 5.55. The van der Waals surface area contributed by atoms with Crippen molar-refractivity contribution in [1.29, 1.82) is 0 Å². The molecule has 5 heteroatoms. The molecule has 1 aromatic heterocycles. The monoisotopic (exact) mass is 272 g/mol. The van der Waals surface area contributed by atoms with E-state index in [-0.39, 0.29) is 17.4 Å². The number of nitrogens with zero attached hydrogens (tertiary/aromatic N) is 2. The first kappa shape index (κ1) is 14.0. The first-order chi connectivity index (χ1) is 9.47. The zero-order valence-corrected chi connectivity index (χ0v) is 11.6. The Morgan fingerprint density at radius 3 is 2.45 bits per heavy atom. The summed E-state index contributed by atoms with van der Waals surface area (Å²) >= 11 is 0. The van der Waals surface area contributed by atoms with Crippen molar-refractivity contribution < 1.29 is 14.6 Å². The zero-order valence-electron chi connectivity index (χ0n) is 11.6. The Morgan fingerprint density at radius 1 is 1.25 bits per heavy atom. The lowest BCUT2D eigenvalue weighted by molar-refractivity contribution is 0.0686. The third-order valence-corrected chi connectivity index (χ3v) is 2.74. The first-order valence-electron chi connectivity index (χ1n) is 6.32. The fraction of sp³-hybridized carbons (Fsp3) is 0.267. The van der Waals surface area contributed by atoms with Crippen LogP contribution in [-0.4, -0.2) is 21.0 Å². The molecule has 0 saturated heterocycles. The van der Waals surface area contributed by atoms with Crippen LogP contribution in [0.5, 0.6) is 11.5 Å². The van der Waals surface area contributed by atoms with Crippen molar-refractivity contribution in [3.63, 3.8) is 0 Å². The predicted octanol–water partition coefficient (Wildman–Crippen LogP) is 3.40. The molecule has 0 amide bonds. The van der Waals surface area contributed by atoms with E-state index in [0.717, 1.165) is 5.56 Å². The molecule has 0 bridgehead atoms. The summed E-state index contributed by atoms with van der Waals surface area (Å²) in [5.41, 5.74) is 0.978. The maximum atomic E-state index is 11.3. The van der Waals surface area contributed by atoms with Gasteiger partial charge in [-0.3, -0.25) is 0 Å². The normalized spacial score (nSPS) is 10.6. The Hall–Kier alpha value is -2.43. The van der Waals surface area contributed by atoms with Crippen molar-refractivity contribution in [2.75, 3.05) is 0 Å². The highest BCUT2D eigenvalue weighted by atomic mass is 16.5. The van der Waals surface area contributed by atoms with E-state index in [1.54, 1.807) is 12.1 Å². The number of rotatable bonds is 4. The molecule has 0 saturated carbocycles. The number of carboxylic acid groups (broad SMARTS) is 1. The average molecular weight is 272 g/mol. The van der Waals surface area contributed by atoms with E-state index in [1.807, 2.05) is 32.9 Å². The van der Waals surface area contributed by atoms with Crippen molar-refractivity contribution in [1.82, 2.24) is 9.97 Å². The van der Waals surface area contributed by atoms with Crippen LogP contribution in [0.3, 0.4) is 0 Å². The van der Waals surface area contributed by atoms with Crippen molar-refractivity contribution in [3.05, 3.63) is 47.5 Å². The summed E-state index contributed by atoms with van der Waals surface area (Å²) in [6.07, 6.45) is 1.41. The molecule has 1 N–H and O–H groups in total. The number of benzene rings is 1. The lowest BCUT2D eigenvalue weighted by Gasteiger charge is -2.10. The smallest absolute Gasteiger partial charge is 0.358 e. The molecular weight excluding hydrogens is 256 g/mol. The maximum absolute atomic E-state index is 11.3. The number of aromatic nitrogens is 2. The van der Waals surface area contributed by atoms with E-state index >= 15 is 0 Å². The van der Waals surface area contributed by atoms with Crippen LogP contribution in [-0.2, 0) is 0 Å². The zero-order chi connectivity index (χ0) is 14.7. The fourth-order valence-electron chi connectivity index (χ4n) is 1.62. The number of ether oxygens (including phenoxy) is 1. The molecule has 2 rings (SSSR count). The van der Waals surface area contributed by atoms with Crippen LogP contribution in [0.2, 0.25) is 0 Å². The number of hydrogen-bond acceptors (Lipinski definition) is 4. The minimum Gasteiger partial charge on any atom is -0.476 e. The second-order valence-corrected chi connectivity index (χ2v) is 4.82. The molecule has 2 aromatic rings. The van der Waals surface area contributed by atoms with Crippen LogP contribution in [0, 0.1) is 6.92 Å². The molecule has 0 radical (unpaired) electrons. The van der Waals surface area contributed by atoms with Gasteiger partial charge in [0.25, 0.3) is 0 Å². The Balaban J connectivity index is 2.35. The Kier molecular flexibility index (Phi) is 3.98. The molecule has 0 spiro atoms.